The number of nitro benzene ring substituents is 1. The predicted molar refractivity (Wildman–Crippen MR) is 65.9 cm³/mol. The van der Waals surface area contributed by atoms with Gasteiger partial charge in [0.2, 0.25) is 0 Å². The van der Waals surface area contributed by atoms with E-state index >= 15 is 0 Å². The number of hydrogen-bond acceptors (Lipinski definition) is 5. The van der Waals surface area contributed by atoms with Crippen LogP contribution in [-0.4, -0.2) is 21.4 Å². The second-order valence-corrected chi connectivity index (χ2v) is 4.09. The van der Waals surface area contributed by atoms with Crippen LogP contribution in [0.15, 0.2) is 41.4 Å². The third-order valence-electron chi connectivity index (χ3n) is 2.22. The Bertz CT molecular complexity index is 525. The topological polar surface area (TPSA) is 68.9 Å². The highest BCUT2D eigenvalue weighted by atomic mass is 32.2. The molecular formula is C11H9N3O2S. The first-order valence-corrected chi connectivity index (χ1v) is 6.06. The van der Waals surface area contributed by atoms with Crippen LogP contribution in [0.25, 0.3) is 11.3 Å². The molecule has 0 N–H and O–H groups in total. The van der Waals surface area contributed by atoms with Crippen molar-refractivity contribution in [1.82, 2.24) is 10.2 Å². The van der Waals surface area contributed by atoms with Gasteiger partial charge in [-0.05, 0) is 30.5 Å². The van der Waals surface area contributed by atoms with Gasteiger partial charge in [0.25, 0.3) is 5.69 Å². The minimum absolute atomic E-state index is 0.0717. The van der Waals surface area contributed by atoms with Gasteiger partial charge >= 0.3 is 0 Å². The Morgan fingerprint density at radius 3 is 2.29 bits per heavy atom. The highest BCUT2D eigenvalue weighted by molar-refractivity contribution is 7.98. The number of hydrogen-bond donors (Lipinski definition) is 0. The molecule has 1 aromatic heterocycles. The van der Waals surface area contributed by atoms with E-state index in [9.17, 15) is 10.1 Å². The highest BCUT2D eigenvalue weighted by Gasteiger charge is 2.06. The van der Waals surface area contributed by atoms with Crippen LogP contribution < -0.4 is 0 Å². The zero-order valence-corrected chi connectivity index (χ0v) is 9.85. The van der Waals surface area contributed by atoms with E-state index in [-0.39, 0.29) is 5.69 Å². The van der Waals surface area contributed by atoms with E-state index in [1.165, 1.54) is 23.9 Å². The summed E-state index contributed by atoms with van der Waals surface area (Å²) in [5.74, 6) is 0. The first-order chi connectivity index (χ1) is 8.20. The zero-order chi connectivity index (χ0) is 12.3. The molecule has 2 rings (SSSR count). The van der Waals surface area contributed by atoms with Crippen LogP contribution in [0.2, 0.25) is 0 Å². The van der Waals surface area contributed by atoms with Gasteiger partial charge in [0, 0.05) is 17.7 Å². The minimum atomic E-state index is -0.424. The van der Waals surface area contributed by atoms with Crippen molar-refractivity contribution in [3.05, 3.63) is 46.5 Å². The summed E-state index contributed by atoms with van der Waals surface area (Å²) in [6.45, 7) is 0. The van der Waals surface area contributed by atoms with Crippen molar-refractivity contribution in [3.63, 3.8) is 0 Å². The molecule has 0 bridgehead atoms. The van der Waals surface area contributed by atoms with Crippen LogP contribution in [0.1, 0.15) is 0 Å². The lowest BCUT2D eigenvalue weighted by atomic mass is 10.1. The van der Waals surface area contributed by atoms with E-state index in [1.807, 2.05) is 18.4 Å². The molecule has 17 heavy (non-hydrogen) atoms. The lowest BCUT2D eigenvalue weighted by molar-refractivity contribution is -0.384. The summed E-state index contributed by atoms with van der Waals surface area (Å²) in [6.07, 6.45) is 1.93. The van der Waals surface area contributed by atoms with Gasteiger partial charge in [0.15, 0.2) is 0 Å². The van der Waals surface area contributed by atoms with Gasteiger partial charge in [0.05, 0.1) is 10.6 Å². The second kappa shape index (κ2) is 4.92. The molecule has 0 aliphatic heterocycles. The Kier molecular flexibility index (Phi) is 3.34. The summed E-state index contributed by atoms with van der Waals surface area (Å²) >= 11 is 1.52. The summed E-state index contributed by atoms with van der Waals surface area (Å²) in [5.41, 5.74) is 1.59. The summed E-state index contributed by atoms with van der Waals surface area (Å²) < 4.78 is 0. The average Bonchev–Trinajstić information content (AvgIpc) is 2.39. The van der Waals surface area contributed by atoms with Crippen molar-refractivity contribution >= 4 is 17.4 Å². The molecule has 0 radical (unpaired) electrons. The largest absolute Gasteiger partial charge is 0.269 e. The molecule has 86 valence electrons. The number of benzene rings is 1. The molecule has 1 heterocycles. The van der Waals surface area contributed by atoms with Crippen molar-refractivity contribution in [1.29, 1.82) is 0 Å². The maximum atomic E-state index is 10.5. The van der Waals surface area contributed by atoms with Crippen molar-refractivity contribution in [2.75, 3.05) is 6.26 Å². The maximum Gasteiger partial charge on any atom is 0.269 e. The Labute approximate surface area is 102 Å². The van der Waals surface area contributed by atoms with Crippen molar-refractivity contribution in [2.45, 2.75) is 5.03 Å². The number of thioether (sulfide) groups is 1. The van der Waals surface area contributed by atoms with Gasteiger partial charge in [-0.15, -0.1) is 22.0 Å². The molecule has 0 spiro atoms. The number of aromatic nitrogens is 2. The molecule has 0 aliphatic rings. The monoisotopic (exact) mass is 247 g/mol. The third kappa shape index (κ3) is 2.59. The van der Waals surface area contributed by atoms with Gasteiger partial charge in [-0.25, -0.2) is 0 Å². The Morgan fingerprint density at radius 1 is 1.12 bits per heavy atom. The second-order valence-electron chi connectivity index (χ2n) is 3.26. The van der Waals surface area contributed by atoms with E-state index in [4.69, 9.17) is 0 Å². The maximum absolute atomic E-state index is 10.5. The molecule has 0 saturated carbocycles. The smallest absolute Gasteiger partial charge is 0.258 e. The lowest BCUT2D eigenvalue weighted by Gasteiger charge is -2.00. The molecule has 0 saturated heterocycles. The number of non-ortho nitro benzene ring substituents is 1. The van der Waals surface area contributed by atoms with E-state index < -0.39 is 4.92 Å². The van der Waals surface area contributed by atoms with Gasteiger partial charge in [-0.1, -0.05) is 0 Å². The molecule has 0 aliphatic carbocycles. The minimum Gasteiger partial charge on any atom is -0.258 e. The van der Waals surface area contributed by atoms with E-state index in [0.29, 0.717) is 5.69 Å². The van der Waals surface area contributed by atoms with E-state index in [2.05, 4.69) is 10.2 Å². The van der Waals surface area contributed by atoms with E-state index in [1.54, 1.807) is 12.1 Å². The van der Waals surface area contributed by atoms with Crippen LogP contribution in [0.4, 0.5) is 5.69 Å². The molecule has 2 aromatic rings. The van der Waals surface area contributed by atoms with Gasteiger partial charge in [-0.2, -0.15) is 0 Å². The fraction of sp³-hybridized carbons (Fsp3) is 0.0909. The molecule has 5 nitrogen and oxygen atoms in total. The number of rotatable bonds is 3. The zero-order valence-electron chi connectivity index (χ0n) is 9.03. The Morgan fingerprint density at radius 2 is 1.82 bits per heavy atom. The van der Waals surface area contributed by atoms with Gasteiger partial charge in [-0.3, -0.25) is 10.1 Å². The Hall–Kier alpha value is -1.95. The van der Waals surface area contributed by atoms with Gasteiger partial charge < -0.3 is 0 Å². The van der Waals surface area contributed by atoms with Crippen LogP contribution >= 0.6 is 11.8 Å². The number of nitro groups is 1. The van der Waals surface area contributed by atoms with E-state index in [0.717, 1.165) is 10.6 Å². The Balaban J connectivity index is 2.29. The molecule has 0 fully saturated rings. The summed E-state index contributed by atoms with van der Waals surface area (Å²) in [5, 5.41) is 19.4. The fourth-order valence-electron chi connectivity index (χ4n) is 1.34. The third-order valence-corrected chi connectivity index (χ3v) is 2.86. The summed E-state index contributed by atoms with van der Waals surface area (Å²) in [6, 6.07) is 9.97. The normalized spacial score (nSPS) is 10.2. The highest BCUT2D eigenvalue weighted by Crippen LogP contribution is 2.21. The lowest BCUT2D eigenvalue weighted by Crippen LogP contribution is -1.90. The van der Waals surface area contributed by atoms with Crippen molar-refractivity contribution < 1.29 is 4.92 Å². The summed E-state index contributed by atoms with van der Waals surface area (Å²) in [4.78, 5) is 10.1. The van der Waals surface area contributed by atoms with Gasteiger partial charge in [0.1, 0.15) is 5.03 Å². The summed E-state index contributed by atoms with van der Waals surface area (Å²) in [7, 11) is 0. The number of nitrogens with zero attached hydrogens (tertiary/aromatic N) is 3. The van der Waals surface area contributed by atoms with Crippen LogP contribution in [0, 0.1) is 10.1 Å². The molecule has 6 heteroatoms. The molecule has 0 amide bonds. The van der Waals surface area contributed by atoms with Crippen LogP contribution in [0.3, 0.4) is 0 Å². The quantitative estimate of drug-likeness (QED) is 0.474. The molecule has 0 atom stereocenters. The predicted octanol–water partition coefficient (Wildman–Crippen LogP) is 2.77. The fourth-order valence-corrected chi connectivity index (χ4v) is 1.66. The van der Waals surface area contributed by atoms with Crippen molar-refractivity contribution in [2.24, 2.45) is 0 Å². The van der Waals surface area contributed by atoms with Crippen molar-refractivity contribution in [3.8, 4) is 11.3 Å². The molecular weight excluding hydrogens is 238 g/mol. The van der Waals surface area contributed by atoms with Crippen LogP contribution in [0.5, 0.6) is 0 Å². The van der Waals surface area contributed by atoms with Crippen LogP contribution in [-0.2, 0) is 0 Å². The standard InChI is InChI=1S/C11H9N3O2S/c1-17-11-7-6-10(12-13-11)8-2-4-9(5-3-8)14(15)16/h2-7H,1H3. The first kappa shape index (κ1) is 11.5. The SMILES string of the molecule is CSc1ccc(-c2ccc([N+](=O)[O-])cc2)nn1. The first-order valence-electron chi connectivity index (χ1n) is 4.83. The molecule has 1 aromatic carbocycles. The average molecular weight is 247 g/mol. The molecule has 0 unspecified atom stereocenters.